The second-order valence-electron chi connectivity index (χ2n) is 9.51. The number of benzene rings is 3. The van der Waals surface area contributed by atoms with Crippen LogP contribution in [0, 0.1) is 6.92 Å². The molecule has 0 N–H and O–H groups in total. The van der Waals surface area contributed by atoms with Gasteiger partial charge in [0.05, 0.1) is 34.0 Å². The molecule has 1 fully saturated rings. The van der Waals surface area contributed by atoms with Gasteiger partial charge >= 0.3 is 0 Å². The number of halogens is 1. The van der Waals surface area contributed by atoms with Crippen molar-refractivity contribution in [2.24, 2.45) is 0 Å². The maximum absolute atomic E-state index is 13.9. The molecule has 3 aromatic carbocycles. The summed E-state index contributed by atoms with van der Waals surface area (Å²) in [4.78, 5) is 22.8. The molecule has 8 nitrogen and oxygen atoms in total. The van der Waals surface area contributed by atoms with E-state index in [9.17, 15) is 13.2 Å². The molecule has 2 heterocycles. The fourth-order valence-electron chi connectivity index (χ4n) is 4.75. The lowest BCUT2D eigenvalue weighted by Gasteiger charge is -2.29. The fourth-order valence-corrected chi connectivity index (χ4v) is 7.66. The zero-order chi connectivity index (χ0) is 28.3. The number of fused-ring (bicyclic) bond motifs is 1. The molecule has 0 unspecified atom stereocenters. The van der Waals surface area contributed by atoms with Crippen LogP contribution in [0.15, 0.2) is 71.6 Å². The number of morpholine rings is 1. The van der Waals surface area contributed by atoms with Crippen molar-refractivity contribution in [1.29, 1.82) is 0 Å². The third-order valence-electron chi connectivity index (χ3n) is 6.88. The Bertz CT molecular complexity index is 1590. The van der Waals surface area contributed by atoms with Crippen LogP contribution in [0.1, 0.15) is 22.8 Å². The van der Waals surface area contributed by atoms with Crippen LogP contribution in [-0.2, 0) is 14.8 Å². The molecule has 1 aliphatic rings. The van der Waals surface area contributed by atoms with Crippen LogP contribution in [0.5, 0.6) is 0 Å². The van der Waals surface area contributed by atoms with E-state index in [-0.39, 0.29) is 17.3 Å². The van der Waals surface area contributed by atoms with Gasteiger partial charge in [0.15, 0.2) is 5.13 Å². The molecule has 4 aromatic rings. The van der Waals surface area contributed by atoms with E-state index in [4.69, 9.17) is 21.3 Å². The molecule has 1 amide bonds. The van der Waals surface area contributed by atoms with E-state index in [1.807, 2.05) is 25.1 Å². The van der Waals surface area contributed by atoms with Gasteiger partial charge in [-0.05, 0) is 67.9 Å². The van der Waals surface area contributed by atoms with Crippen molar-refractivity contribution in [3.05, 3.63) is 82.9 Å². The van der Waals surface area contributed by atoms with Gasteiger partial charge in [-0.1, -0.05) is 41.1 Å². The molecular formula is C29H31ClN4O4S2. The van der Waals surface area contributed by atoms with Gasteiger partial charge in [-0.3, -0.25) is 18.9 Å². The lowest BCUT2D eigenvalue weighted by Crippen LogP contribution is -2.43. The van der Waals surface area contributed by atoms with Crippen LogP contribution >= 0.6 is 22.9 Å². The van der Waals surface area contributed by atoms with Crippen molar-refractivity contribution in [3.63, 3.8) is 0 Å². The fraction of sp³-hybridized carbons (Fsp3) is 0.310. The average molecular weight is 599 g/mol. The highest BCUT2D eigenvalue weighted by Gasteiger charge is 2.26. The normalized spacial score (nSPS) is 14.4. The van der Waals surface area contributed by atoms with Crippen LogP contribution in [0.2, 0.25) is 5.02 Å². The number of amides is 1. The number of para-hydroxylation sites is 1. The molecule has 0 bridgehead atoms. The third-order valence-corrected chi connectivity index (χ3v) is 10.0. The summed E-state index contributed by atoms with van der Waals surface area (Å²) in [6.45, 7) is 8.07. The number of hydrogen-bond acceptors (Lipinski definition) is 7. The lowest BCUT2D eigenvalue weighted by molar-refractivity contribution is 0.0391. The van der Waals surface area contributed by atoms with Crippen LogP contribution in [0.3, 0.4) is 0 Å². The van der Waals surface area contributed by atoms with E-state index < -0.39 is 10.0 Å². The van der Waals surface area contributed by atoms with Gasteiger partial charge < -0.3 is 4.74 Å². The first kappa shape index (κ1) is 28.5. The quantitative estimate of drug-likeness (QED) is 0.255. The van der Waals surface area contributed by atoms with Crippen molar-refractivity contribution >= 4 is 59.9 Å². The highest BCUT2D eigenvalue weighted by atomic mass is 35.5. The Labute approximate surface area is 243 Å². The van der Waals surface area contributed by atoms with E-state index in [1.165, 1.54) is 27.8 Å². The maximum Gasteiger partial charge on any atom is 0.264 e. The number of sulfonamides is 1. The summed E-state index contributed by atoms with van der Waals surface area (Å²) in [5, 5.41) is 1.20. The summed E-state index contributed by atoms with van der Waals surface area (Å²) >= 11 is 7.70. The zero-order valence-electron chi connectivity index (χ0n) is 22.4. The Kier molecular flexibility index (Phi) is 8.72. The minimum atomic E-state index is -3.80. The molecule has 1 aliphatic heterocycles. The van der Waals surface area contributed by atoms with Crippen molar-refractivity contribution in [2.75, 3.05) is 55.1 Å². The molecule has 0 saturated carbocycles. The average Bonchev–Trinajstić information content (AvgIpc) is 3.38. The minimum absolute atomic E-state index is 0.125. The van der Waals surface area contributed by atoms with E-state index in [0.29, 0.717) is 47.7 Å². The summed E-state index contributed by atoms with van der Waals surface area (Å²) in [7, 11) is -3.80. The first-order chi connectivity index (χ1) is 19.3. The number of nitrogens with zero attached hydrogens (tertiary/aromatic N) is 4. The summed E-state index contributed by atoms with van der Waals surface area (Å²) in [5.74, 6) is -0.240. The van der Waals surface area contributed by atoms with Crippen LogP contribution < -0.4 is 9.21 Å². The Morgan fingerprint density at radius 1 is 1.07 bits per heavy atom. The number of carbonyl (C=O) groups excluding carboxylic acids is 1. The highest BCUT2D eigenvalue weighted by Crippen LogP contribution is 2.34. The maximum atomic E-state index is 13.9. The van der Waals surface area contributed by atoms with E-state index >= 15 is 0 Å². The number of aryl methyl sites for hydroxylation is 1. The van der Waals surface area contributed by atoms with Gasteiger partial charge in [-0.15, -0.1) is 0 Å². The van der Waals surface area contributed by atoms with Gasteiger partial charge in [0.1, 0.15) is 0 Å². The number of rotatable bonds is 9. The van der Waals surface area contributed by atoms with Crippen LogP contribution in [-0.4, -0.2) is 70.1 Å². The van der Waals surface area contributed by atoms with Gasteiger partial charge in [-0.25, -0.2) is 13.4 Å². The predicted molar refractivity (Wildman–Crippen MR) is 161 cm³/mol. The predicted octanol–water partition coefficient (Wildman–Crippen LogP) is 5.45. The van der Waals surface area contributed by atoms with E-state index in [2.05, 4.69) is 4.90 Å². The summed E-state index contributed by atoms with van der Waals surface area (Å²) in [5.41, 5.74) is 2.73. The molecule has 0 aliphatic carbocycles. The molecule has 0 atom stereocenters. The Morgan fingerprint density at radius 2 is 1.77 bits per heavy atom. The molecule has 5 rings (SSSR count). The topological polar surface area (TPSA) is 83.1 Å². The Hall–Kier alpha value is -3.02. The van der Waals surface area contributed by atoms with E-state index in [1.54, 1.807) is 48.2 Å². The molecule has 0 radical (unpaired) electrons. The third kappa shape index (κ3) is 6.01. The monoisotopic (exact) mass is 598 g/mol. The lowest BCUT2D eigenvalue weighted by atomic mass is 10.2. The Balaban J connectivity index is 1.44. The number of thiazole rings is 1. The van der Waals surface area contributed by atoms with Crippen molar-refractivity contribution in [1.82, 2.24) is 9.88 Å². The molecule has 0 spiro atoms. The van der Waals surface area contributed by atoms with E-state index in [0.717, 1.165) is 28.9 Å². The first-order valence-corrected chi connectivity index (χ1v) is 15.8. The van der Waals surface area contributed by atoms with Gasteiger partial charge in [0.2, 0.25) is 0 Å². The highest BCUT2D eigenvalue weighted by molar-refractivity contribution is 7.92. The van der Waals surface area contributed by atoms with Crippen LogP contribution in [0.25, 0.3) is 10.2 Å². The zero-order valence-corrected chi connectivity index (χ0v) is 24.8. The second kappa shape index (κ2) is 12.2. The van der Waals surface area contributed by atoms with Crippen molar-refractivity contribution < 1.29 is 17.9 Å². The standard InChI is InChI=1S/C29H31ClN4O4S2/c1-3-34(24-7-5-4-6-8-24)40(36,37)25-11-9-22(10-12-25)28(35)33(14-13-32-15-17-38-18-16-32)29-31-27-21(2)19-23(30)20-26(27)39-29/h4-12,19-20H,3,13-18H2,1-2H3. The number of ether oxygens (including phenoxy) is 1. The van der Waals surface area contributed by atoms with Gasteiger partial charge in [0.25, 0.3) is 15.9 Å². The number of hydrogen-bond donors (Lipinski definition) is 0. The smallest absolute Gasteiger partial charge is 0.264 e. The number of anilines is 2. The first-order valence-electron chi connectivity index (χ1n) is 13.1. The molecule has 40 heavy (non-hydrogen) atoms. The number of carbonyl (C=O) groups is 1. The van der Waals surface area contributed by atoms with Gasteiger partial charge in [0, 0.05) is 43.3 Å². The minimum Gasteiger partial charge on any atom is -0.379 e. The molecule has 11 heteroatoms. The van der Waals surface area contributed by atoms with Gasteiger partial charge in [-0.2, -0.15) is 0 Å². The largest absolute Gasteiger partial charge is 0.379 e. The Morgan fingerprint density at radius 3 is 2.45 bits per heavy atom. The summed E-state index contributed by atoms with van der Waals surface area (Å²) in [6.07, 6.45) is 0. The molecule has 1 saturated heterocycles. The molecule has 210 valence electrons. The molecular weight excluding hydrogens is 568 g/mol. The summed E-state index contributed by atoms with van der Waals surface area (Å²) in [6, 6.07) is 18.8. The van der Waals surface area contributed by atoms with Crippen molar-refractivity contribution in [3.8, 4) is 0 Å². The van der Waals surface area contributed by atoms with Crippen molar-refractivity contribution in [2.45, 2.75) is 18.7 Å². The second-order valence-corrected chi connectivity index (χ2v) is 12.8. The SMILES string of the molecule is CCN(c1ccccc1)S(=O)(=O)c1ccc(C(=O)N(CCN2CCOCC2)c2nc3c(C)cc(Cl)cc3s2)cc1. The summed E-state index contributed by atoms with van der Waals surface area (Å²) < 4.78 is 34.6. The van der Waals surface area contributed by atoms with Crippen LogP contribution in [0.4, 0.5) is 10.8 Å². The molecule has 1 aromatic heterocycles. The number of aromatic nitrogens is 1.